The number of nitrogens with one attached hydrogen (secondary N) is 3. The lowest BCUT2D eigenvalue weighted by Gasteiger charge is -2.12. The van der Waals surface area contributed by atoms with Crippen molar-refractivity contribution >= 4 is 27.5 Å². The Balaban J connectivity index is 1.58. The summed E-state index contributed by atoms with van der Waals surface area (Å²) in [4.78, 5) is 24.4. The van der Waals surface area contributed by atoms with Gasteiger partial charge in [-0.1, -0.05) is 18.2 Å². The molecular weight excluding hydrogens is 470 g/mol. The second-order valence-electron chi connectivity index (χ2n) is 7.65. The molecule has 3 aromatic rings. The molecule has 0 fully saturated rings. The van der Waals surface area contributed by atoms with Crippen molar-refractivity contribution < 1.29 is 27.5 Å². The summed E-state index contributed by atoms with van der Waals surface area (Å²) in [6, 6.07) is 17.5. The number of hydrogen-bond donors (Lipinski definition) is 3. The molecule has 0 aromatic heterocycles. The van der Waals surface area contributed by atoms with Crippen LogP contribution in [0.5, 0.6) is 11.5 Å². The topological polar surface area (TPSA) is 123 Å². The number of hydrogen-bond acceptors (Lipinski definition) is 6. The van der Waals surface area contributed by atoms with E-state index in [-0.39, 0.29) is 17.1 Å². The van der Waals surface area contributed by atoms with Gasteiger partial charge in [-0.15, -0.1) is 0 Å². The molecule has 0 bridgehead atoms. The number of aryl methyl sites for hydroxylation is 2. The van der Waals surface area contributed by atoms with Crippen LogP contribution in [0.1, 0.15) is 28.4 Å². The Morgan fingerprint density at radius 3 is 2.34 bits per heavy atom. The molecule has 35 heavy (non-hydrogen) atoms. The zero-order chi connectivity index (χ0) is 25.4. The minimum atomic E-state index is -3.95. The van der Waals surface area contributed by atoms with Crippen LogP contribution in [0.25, 0.3) is 0 Å². The van der Waals surface area contributed by atoms with E-state index in [9.17, 15) is 18.0 Å². The van der Waals surface area contributed by atoms with Crippen LogP contribution in [0, 0.1) is 13.8 Å². The molecule has 0 aliphatic heterocycles. The van der Waals surface area contributed by atoms with Crippen LogP contribution in [0.3, 0.4) is 0 Å². The quantitative estimate of drug-likeness (QED) is 0.390. The van der Waals surface area contributed by atoms with Gasteiger partial charge in [0.1, 0.15) is 11.5 Å². The third-order valence-corrected chi connectivity index (χ3v) is 6.22. The highest BCUT2D eigenvalue weighted by Gasteiger charge is 2.17. The molecular formula is C25H27N3O6S. The number of benzene rings is 3. The first kappa shape index (κ1) is 25.6. The molecule has 3 aromatic carbocycles. The number of hydrazine groups is 1. The van der Waals surface area contributed by atoms with E-state index in [1.165, 1.54) is 24.3 Å². The fraction of sp³-hybridized carbons (Fsp3) is 0.200. The number of carbonyl (C=O) groups is 2. The van der Waals surface area contributed by atoms with Crippen LogP contribution in [0.2, 0.25) is 0 Å². The largest absolute Gasteiger partial charge is 0.494 e. The van der Waals surface area contributed by atoms with Crippen molar-refractivity contribution in [3.63, 3.8) is 0 Å². The number of sulfonamides is 1. The van der Waals surface area contributed by atoms with Crippen molar-refractivity contribution in [3.05, 3.63) is 83.4 Å². The van der Waals surface area contributed by atoms with Crippen molar-refractivity contribution in [2.45, 2.75) is 25.7 Å². The van der Waals surface area contributed by atoms with Gasteiger partial charge in [-0.25, -0.2) is 8.42 Å². The summed E-state index contributed by atoms with van der Waals surface area (Å²) in [5, 5.41) is 0. The molecule has 2 amide bonds. The van der Waals surface area contributed by atoms with Gasteiger partial charge in [0.05, 0.1) is 11.5 Å². The van der Waals surface area contributed by atoms with Crippen molar-refractivity contribution in [3.8, 4) is 11.5 Å². The van der Waals surface area contributed by atoms with E-state index >= 15 is 0 Å². The van der Waals surface area contributed by atoms with E-state index in [4.69, 9.17) is 9.47 Å². The fourth-order valence-corrected chi connectivity index (χ4v) is 4.15. The fourth-order valence-electron chi connectivity index (χ4n) is 3.05. The van der Waals surface area contributed by atoms with E-state index in [2.05, 4.69) is 15.6 Å². The van der Waals surface area contributed by atoms with Crippen molar-refractivity contribution in [2.75, 3.05) is 17.9 Å². The van der Waals surface area contributed by atoms with Crippen molar-refractivity contribution in [2.24, 2.45) is 0 Å². The maximum absolute atomic E-state index is 12.8. The normalized spacial score (nSPS) is 10.8. The summed E-state index contributed by atoms with van der Waals surface area (Å²) in [5.74, 6) is -0.0524. The van der Waals surface area contributed by atoms with Gasteiger partial charge in [-0.05, 0) is 80.4 Å². The molecule has 0 aliphatic carbocycles. The number of rotatable bonds is 9. The number of ether oxygens (including phenoxy) is 2. The Kier molecular flexibility index (Phi) is 8.32. The minimum Gasteiger partial charge on any atom is -0.494 e. The second kappa shape index (κ2) is 11.4. The summed E-state index contributed by atoms with van der Waals surface area (Å²) >= 11 is 0. The molecule has 0 spiro atoms. The molecule has 3 rings (SSSR count). The van der Waals surface area contributed by atoms with E-state index in [0.29, 0.717) is 23.8 Å². The lowest BCUT2D eigenvalue weighted by Crippen LogP contribution is -2.43. The lowest BCUT2D eigenvalue weighted by atomic mass is 10.1. The highest BCUT2D eigenvalue weighted by molar-refractivity contribution is 7.92. The predicted octanol–water partition coefficient (Wildman–Crippen LogP) is 3.34. The molecule has 0 heterocycles. The summed E-state index contributed by atoms with van der Waals surface area (Å²) in [5.41, 5.74) is 6.79. The Morgan fingerprint density at radius 1 is 0.886 bits per heavy atom. The van der Waals surface area contributed by atoms with Gasteiger partial charge in [-0.3, -0.25) is 25.2 Å². The van der Waals surface area contributed by atoms with Crippen LogP contribution < -0.4 is 25.0 Å². The zero-order valence-corrected chi connectivity index (χ0v) is 20.4. The SMILES string of the molecule is CCOc1ccc(NS(=O)(=O)c2cccc(C(=O)NNC(=O)COc3cc(C)ccc3C)c2)cc1. The minimum absolute atomic E-state index is 0.0512. The van der Waals surface area contributed by atoms with E-state index in [1.807, 2.05) is 39.0 Å². The molecule has 9 nitrogen and oxygen atoms in total. The second-order valence-corrected chi connectivity index (χ2v) is 9.33. The number of amides is 2. The first-order valence-electron chi connectivity index (χ1n) is 10.8. The van der Waals surface area contributed by atoms with Gasteiger partial charge in [0.2, 0.25) is 0 Å². The maximum atomic E-state index is 12.8. The molecule has 184 valence electrons. The third kappa shape index (κ3) is 7.21. The standard InChI is InChI=1S/C25H27N3O6S/c1-4-33-21-12-10-20(11-13-21)28-35(31,32)22-7-5-6-19(15-22)25(30)27-26-24(29)16-34-23-14-17(2)8-9-18(23)3/h5-15,28H,4,16H2,1-3H3,(H,26,29)(H,27,30). The molecule has 3 N–H and O–H groups in total. The third-order valence-electron chi connectivity index (χ3n) is 4.84. The van der Waals surface area contributed by atoms with Crippen LogP contribution in [-0.2, 0) is 14.8 Å². The molecule has 0 saturated carbocycles. The summed E-state index contributed by atoms with van der Waals surface area (Å²) in [6.45, 7) is 5.82. The monoisotopic (exact) mass is 497 g/mol. The van der Waals surface area contributed by atoms with Gasteiger partial charge in [-0.2, -0.15) is 0 Å². The summed E-state index contributed by atoms with van der Waals surface area (Å²) in [6.07, 6.45) is 0. The maximum Gasteiger partial charge on any atom is 0.276 e. The Labute approximate surface area is 204 Å². The number of carbonyl (C=O) groups excluding carboxylic acids is 2. The molecule has 0 saturated heterocycles. The van der Waals surface area contributed by atoms with Crippen LogP contribution in [0.15, 0.2) is 71.6 Å². The summed E-state index contributed by atoms with van der Waals surface area (Å²) in [7, 11) is -3.95. The Bertz CT molecular complexity index is 1310. The molecule has 0 radical (unpaired) electrons. The van der Waals surface area contributed by atoms with E-state index in [1.54, 1.807) is 24.3 Å². The van der Waals surface area contributed by atoms with Crippen LogP contribution in [-0.4, -0.2) is 33.4 Å². The smallest absolute Gasteiger partial charge is 0.276 e. The molecule has 0 unspecified atom stereocenters. The average molecular weight is 498 g/mol. The Hall–Kier alpha value is -4.05. The van der Waals surface area contributed by atoms with Crippen molar-refractivity contribution in [1.82, 2.24) is 10.9 Å². The summed E-state index contributed by atoms with van der Waals surface area (Å²) < 4.78 is 38.8. The lowest BCUT2D eigenvalue weighted by molar-refractivity contribution is -0.123. The first-order valence-corrected chi connectivity index (χ1v) is 12.3. The molecule has 0 aliphatic rings. The van der Waals surface area contributed by atoms with E-state index in [0.717, 1.165) is 11.1 Å². The van der Waals surface area contributed by atoms with Crippen LogP contribution in [0.4, 0.5) is 5.69 Å². The van der Waals surface area contributed by atoms with Gasteiger partial charge in [0.15, 0.2) is 6.61 Å². The average Bonchev–Trinajstić information content (AvgIpc) is 2.84. The van der Waals surface area contributed by atoms with Gasteiger partial charge >= 0.3 is 0 Å². The highest BCUT2D eigenvalue weighted by Crippen LogP contribution is 2.21. The van der Waals surface area contributed by atoms with Gasteiger partial charge in [0, 0.05) is 11.3 Å². The van der Waals surface area contributed by atoms with Crippen LogP contribution >= 0.6 is 0 Å². The molecule has 10 heteroatoms. The highest BCUT2D eigenvalue weighted by atomic mass is 32.2. The predicted molar refractivity (Wildman–Crippen MR) is 132 cm³/mol. The Morgan fingerprint density at radius 2 is 1.63 bits per heavy atom. The van der Waals surface area contributed by atoms with E-state index < -0.39 is 21.8 Å². The van der Waals surface area contributed by atoms with Gasteiger partial charge in [0.25, 0.3) is 21.8 Å². The van der Waals surface area contributed by atoms with Gasteiger partial charge < -0.3 is 9.47 Å². The first-order chi connectivity index (χ1) is 16.7. The molecule has 0 atom stereocenters. The van der Waals surface area contributed by atoms with Crippen molar-refractivity contribution in [1.29, 1.82) is 0 Å². The zero-order valence-electron chi connectivity index (χ0n) is 19.6. The number of anilines is 1.